The minimum atomic E-state index is -1.19. The predicted octanol–water partition coefficient (Wildman–Crippen LogP) is 1.38. The summed E-state index contributed by atoms with van der Waals surface area (Å²) in [5.74, 6) is -0.747. The van der Waals surface area contributed by atoms with E-state index in [1.54, 1.807) is 41.5 Å². The molecule has 9 nitrogen and oxygen atoms in total. The molecule has 1 fully saturated rings. The Labute approximate surface area is 154 Å². The Balaban J connectivity index is 3.12. The summed E-state index contributed by atoms with van der Waals surface area (Å²) in [7, 11) is 1.18. The Morgan fingerprint density at radius 3 is 1.73 bits per heavy atom. The second-order valence-corrected chi connectivity index (χ2v) is 8.07. The van der Waals surface area contributed by atoms with Gasteiger partial charge in [0.25, 0.3) is 0 Å². The Morgan fingerprint density at radius 2 is 1.35 bits per heavy atom. The molecule has 1 rings (SSSR count). The highest BCUT2D eigenvalue weighted by molar-refractivity contribution is 5.84. The summed E-state index contributed by atoms with van der Waals surface area (Å²) in [4.78, 5) is 39.7. The molecule has 150 valence electrons. The molecule has 2 atom stereocenters. The zero-order chi connectivity index (χ0) is 20.3. The van der Waals surface area contributed by atoms with Crippen LogP contribution >= 0.6 is 0 Å². The van der Waals surface area contributed by atoms with Crippen molar-refractivity contribution in [3.63, 3.8) is 0 Å². The van der Waals surface area contributed by atoms with Crippen LogP contribution in [-0.2, 0) is 19.0 Å². The third kappa shape index (κ3) is 5.76. The minimum absolute atomic E-state index is 0.0461. The molecular formula is C17H30N2O7. The van der Waals surface area contributed by atoms with E-state index in [-0.39, 0.29) is 13.1 Å². The minimum Gasteiger partial charge on any atom is -0.467 e. The highest BCUT2D eigenvalue weighted by Gasteiger charge is 2.47. The molecule has 1 aliphatic heterocycles. The third-order valence-corrected chi connectivity index (χ3v) is 3.57. The average molecular weight is 374 g/mol. The quantitative estimate of drug-likeness (QED) is 0.575. The number of nitrogens with zero attached hydrogens (tertiary/aromatic N) is 2. The van der Waals surface area contributed by atoms with Crippen LogP contribution in [0, 0.1) is 0 Å². The van der Waals surface area contributed by atoms with Crippen LogP contribution in [0.3, 0.4) is 0 Å². The molecule has 0 spiro atoms. The molecule has 2 amide bonds. The van der Waals surface area contributed by atoms with Crippen molar-refractivity contribution in [2.75, 3.05) is 26.8 Å². The molecule has 0 aromatic carbocycles. The van der Waals surface area contributed by atoms with Gasteiger partial charge in [0.05, 0.1) is 19.8 Å². The first-order valence-corrected chi connectivity index (χ1v) is 8.48. The second kappa shape index (κ2) is 8.11. The van der Waals surface area contributed by atoms with E-state index in [0.717, 1.165) is 0 Å². The number of carbonyl (C=O) groups excluding carboxylic acids is 3. The summed E-state index contributed by atoms with van der Waals surface area (Å²) >= 11 is 0. The topological polar surface area (TPSA) is 106 Å². The molecule has 1 unspecified atom stereocenters. The van der Waals surface area contributed by atoms with Gasteiger partial charge in [-0.2, -0.15) is 0 Å². The van der Waals surface area contributed by atoms with Crippen LogP contribution in [0.4, 0.5) is 9.59 Å². The molecule has 1 aliphatic rings. The molecule has 0 aliphatic carbocycles. The lowest BCUT2D eigenvalue weighted by Gasteiger charge is -2.45. The van der Waals surface area contributed by atoms with Crippen LogP contribution < -0.4 is 0 Å². The summed E-state index contributed by atoms with van der Waals surface area (Å²) in [5, 5.41) is 9.82. The summed E-state index contributed by atoms with van der Waals surface area (Å²) in [6, 6.07) is -2.19. The summed E-state index contributed by atoms with van der Waals surface area (Å²) in [6.45, 7) is 9.86. The lowest BCUT2D eigenvalue weighted by Crippen LogP contribution is -2.67. The number of aliphatic hydroxyl groups excluding tert-OH is 1. The Bertz CT molecular complexity index is 536. The van der Waals surface area contributed by atoms with E-state index in [9.17, 15) is 19.5 Å². The van der Waals surface area contributed by atoms with E-state index < -0.39 is 48.0 Å². The highest BCUT2D eigenvalue weighted by Crippen LogP contribution is 2.23. The fourth-order valence-electron chi connectivity index (χ4n) is 2.57. The van der Waals surface area contributed by atoms with E-state index >= 15 is 0 Å². The van der Waals surface area contributed by atoms with Crippen LogP contribution in [0.5, 0.6) is 0 Å². The number of methoxy groups -OCH3 is 1. The second-order valence-electron chi connectivity index (χ2n) is 8.07. The number of hydrogen-bond donors (Lipinski definition) is 1. The van der Waals surface area contributed by atoms with Crippen LogP contribution in [0.1, 0.15) is 41.5 Å². The van der Waals surface area contributed by atoms with Gasteiger partial charge in [0.15, 0.2) is 6.04 Å². The Hall–Kier alpha value is -2.03. The van der Waals surface area contributed by atoms with Gasteiger partial charge in [0.1, 0.15) is 11.2 Å². The van der Waals surface area contributed by atoms with Crippen LogP contribution in [0.25, 0.3) is 0 Å². The van der Waals surface area contributed by atoms with E-state index in [0.29, 0.717) is 0 Å². The van der Waals surface area contributed by atoms with Gasteiger partial charge in [-0.3, -0.25) is 9.80 Å². The van der Waals surface area contributed by atoms with Gasteiger partial charge in [-0.15, -0.1) is 0 Å². The number of rotatable bonds is 2. The first-order chi connectivity index (χ1) is 11.8. The maximum absolute atomic E-state index is 12.5. The van der Waals surface area contributed by atoms with E-state index in [1.165, 1.54) is 16.9 Å². The van der Waals surface area contributed by atoms with Crippen molar-refractivity contribution in [1.82, 2.24) is 9.80 Å². The highest BCUT2D eigenvalue weighted by atomic mass is 16.6. The van der Waals surface area contributed by atoms with Crippen molar-refractivity contribution < 1.29 is 33.7 Å². The fourth-order valence-corrected chi connectivity index (χ4v) is 2.57. The number of ether oxygens (including phenoxy) is 3. The largest absolute Gasteiger partial charge is 0.467 e. The SMILES string of the molecule is COC(=O)C1[C@H](CO)N(C(=O)OC(C)(C)C)CCN1C(=O)OC(C)(C)C. The number of hydrogen-bond acceptors (Lipinski definition) is 7. The number of carbonyl (C=O) groups is 3. The van der Waals surface area contributed by atoms with Gasteiger partial charge in [-0.1, -0.05) is 0 Å². The van der Waals surface area contributed by atoms with E-state index in [2.05, 4.69) is 0 Å². The van der Waals surface area contributed by atoms with Crippen molar-refractivity contribution in [3.05, 3.63) is 0 Å². The van der Waals surface area contributed by atoms with Crippen molar-refractivity contribution in [3.8, 4) is 0 Å². The standard InChI is InChI=1S/C17H30N2O7/c1-16(2,3)25-14(22)18-8-9-19(15(23)26-17(4,5)6)12(11(18)10-20)13(21)24-7/h11-12,20H,8-10H2,1-7H3/t11-,12?/m0/s1. The van der Waals surface area contributed by atoms with Crippen LogP contribution in [0.15, 0.2) is 0 Å². The maximum Gasteiger partial charge on any atom is 0.411 e. The van der Waals surface area contributed by atoms with Crippen molar-refractivity contribution in [1.29, 1.82) is 0 Å². The monoisotopic (exact) mass is 374 g/mol. The first-order valence-electron chi connectivity index (χ1n) is 8.48. The zero-order valence-corrected chi connectivity index (χ0v) is 16.6. The first kappa shape index (κ1) is 22.0. The Morgan fingerprint density at radius 1 is 0.923 bits per heavy atom. The molecule has 1 N–H and O–H groups in total. The maximum atomic E-state index is 12.5. The van der Waals surface area contributed by atoms with Gasteiger partial charge in [-0.05, 0) is 41.5 Å². The molecule has 9 heteroatoms. The fraction of sp³-hybridized carbons (Fsp3) is 0.824. The van der Waals surface area contributed by atoms with Crippen LogP contribution in [0.2, 0.25) is 0 Å². The molecule has 0 bridgehead atoms. The van der Waals surface area contributed by atoms with E-state index in [1.807, 2.05) is 0 Å². The summed E-state index contributed by atoms with van der Waals surface area (Å²) < 4.78 is 15.5. The number of esters is 1. The zero-order valence-electron chi connectivity index (χ0n) is 16.6. The van der Waals surface area contributed by atoms with E-state index in [4.69, 9.17) is 14.2 Å². The van der Waals surface area contributed by atoms with Crippen molar-refractivity contribution in [2.45, 2.75) is 64.8 Å². The lowest BCUT2D eigenvalue weighted by atomic mass is 10.0. The number of amides is 2. The van der Waals surface area contributed by atoms with Gasteiger partial charge >= 0.3 is 18.2 Å². The smallest absolute Gasteiger partial charge is 0.411 e. The third-order valence-electron chi connectivity index (χ3n) is 3.57. The molecule has 0 aromatic heterocycles. The lowest BCUT2D eigenvalue weighted by molar-refractivity contribution is -0.153. The molecule has 1 saturated heterocycles. The molecule has 1 heterocycles. The van der Waals surface area contributed by atoms with Gasteiger partial charge in [0.2, 0.25) is 0 Å². The summed E-state index contributed by atoms with van der Waals surface area (Å²) in [6.07, 6.45) is -1.38. The molecule has 0 aromatic rings. The predicted molar refractivity (Wildman–Crippen MR) is 92.6 cm³/mol. The van der Waals surface area contributed by atoms with Crippen molar-refractivity contribution in [2.24, 2.45) is 0 Å². The van der Waals surface area contributed by atoms with Gasteiger partial charge in [0, 0.05) is 13.1 Å². The van der Waals surface area contributed by atoms with Crippen molar-refractivity contribution >= 4 is 18.2 Å². The van der Waals surface area contributed by atoms with Gasteiger partial charge in [-0.25, -0.2) is 14.4 Å². The molecule has 0 radical (unpaired) electrons. The number of piperazine rings is 1. The molecular weight excluding hydrogens is 344 g/mol. The van der Waals surface area contributed by atoms with Crippen LogP contribution in [-0.4, -0.2) is 83.2 Å². The molecule has 26 heavy (non-hydrogen) atoms. The average Bonchev–Trinajstić information content (AvgIpc) is 2.49. The normalized spacial score (nSPS) is 21.2. The summed E-state index contributed by atoms with van der Waals surface area (Å²) in [5.41, 5.74) is -1.49. The van der Waals surface area contributed by atoms with Gasteiger partial charge < -0.3 is 19.3 Å². The Kier molecular flexibility index (Phi) is 6.87. The molecule has 0 saturated carbocycles. The number of aliphatic hydroxyl groups is 1.